The van der Waals surface area contributed by atoms with Crippen LogP contribution in [0, 0.1) is 5.82 Å². The number of imidazole rings is 1. The summed E-state index contributed by atoms with van der Waals surface area (Å²) >= 11 is 0. The van der Waals surface area contributed by atoms with E-state index < -0.39 is 0 Å². The van der Waals surface area contributed by atoms with Crippen LogP contribution in [0.2, 0.25) is 0 Å². The van der Waals surface area contributed by atoms with Crippen LogP contribution in [0.4, 0.5) is 4.39 Å². The molecule has 3 aromatic rings. The summed E-state index contributed by atoms with van der Waals surface area (Å²) in [6.45, 7) is 2.39. The van der Waals surface area contributed by atoms with Crippen molar-refractivity contribution in [3.05, 3.63) is 66.2 Å². The zero-order valence-electron chi connectivity index (χ0n) is 13.8. The molecule has 0 aliphatic carbocycles. The van der Waals surface area contributed by atoms with Crippen molar-refractivity contribution in [3.8, 4) is 0 Å². The Morgan fingerprint density at radius 2 is 1.92 bits per heavy atom. The van der Waals surface area contributed by atoms with Crippen molar-refractivity contribution in [1.82, 2.24) is 14.5 Å². The summed E-state index contributed by atoms with van der Waals surface area (Å²) in [5.74, 6) is -0.311. The Labute approximate surface area is 140 Å². The van der Waals surface area contributed by atoms with Gasteiger partial charge >= 0.3 is 0 Å². The van der Waals surface area contributed by atoms with Crippen molar-refractivity contribution in [2.45, 2.75) is 25.9 Å². The predicted molar refractivity (Wildman–Crippen MR) is 91.9 cm³/mol. The summed E-state index contributed by atoms with van der Waals surface area (Å²) in [6, 6.07) is 14.1. The summed E-state index contributed by atoms with van der Waals surface area (Å²) in [4.78, 5) is 18.4. The van der Waals surface area contributed by atoms with Gasteiger partial charge in [-0.15, -0.1) is 0 Å². The molecule has 0 bridgehead atoms. The van der Waals surface area contributed by atoms with Crippen LogP contribution in [0.5, 0.6) is 0 Å². The van der Waals surface area contributed by atoms with Crippen LogP contribution in [-0.4, -0.2) is 27.4 Å². The Kier molecular flexibility index (Phi) is 4.60. The topological polar surface area (TPSA) is 38.1 Å². The molecule has 3 rings (SSSR count). The molecule has 0 saturated carbocycles. The zero-order chi connectivity index (χ0) is 17.1. The third-order valence-electron chi connectivity index (χ3n) is 4.42. The van der Waals surface area contributed by atoms with Crippen LogP contribution in [-0.2, 0) is 11.3 Å². The second-order valence-electron chi connectivity index (χ2n) is 5.88. The lowest BCUT2D eigenvalue weighted by Crippen LogP contribution is -2.30. The third-order valence-corrected chi connectivity index (χ3v) is 4.42. The van der Waals surface area contributed by atoms with Crippen molar-refractivity contribution in [3.63, 3.8) is 0 Å². The number of nitrogens with zero attached hydrogens (tertiary/aromatic N) is 3. The number of benzene rings is 2. The Hall–Kier alpha value is -2.69. The van der Waals surface area contributed by atoms with Crippen LogP contribution in [0.15, 0.2) is 54.9 Å². The first-order valence-electron chi connectivity index (χ1n) is 7.98. The number of aryl methyl sites for hydroxylation is 1. The molecule has 0 spiro atoms. The van der Waals surface area contributed by atoms with Crippen molar-refractivity contribution >= 4 is 16.9 Å². The molecular formula is C19H20FN3O. The van der Waals surface area contributed by atoms with E-state index in [1.54, 1.807) is 36.5 Å². The van der Waals surface area contributed by atoms with Gasteiger partial charge in [-0.05, 0) is 25.1 Å². The molecule has 1 aromatic heterocycles. The number of rotatable bonds is 5. The van der Waals surface area contributed by atoms with E-state index in [0.29, 0.717) is 18.5 Å². The first-order chi connectivity index (χ1) is 11.6. The molecule has 0 N–H and O–H groups in total. The normalized spacial score (nSPS) is 12.3. The fraction of sp³-hybridized carbons (Fsp3) is 0.263. The smallest absolute Gasteiger partial charge is 0.224 e. The predicted octanol–water partition coefficient (Wildman–Crippen LogP) is 3.79. The van der Waals surface area contributed by atoms with E-state index in [1.165, 1.54) is 6.07 Å². The average molecular weight is 325 g/mol. The number of carbonyl (C=O) groups excluding carboxylic acids is 1. The quantitative estimate of drug-likeness (QED) is 0.716. The maximum Gasteiger partial charge on any atom is 0.224 e. The largest absolute Gasteiger partial charge is 0.339 e. The molecule has 1 amide bonds. The van der Waals surface area contributed by atoms with Gasteiger partial charge in [-0.25, -0.2) is 9.37 Å². The van der Waals surface area contributed by atoms with Crippen LogP contribution >= 0.6 is 0 Å². The highest BCUT2D eigenvalue weighted by atomic mass is 19.1. The standard InChI is InChI=1S/C19H20FN3O/c1-14(15-7-3-4-8-16(15)20)22(2)19(24)11-12-23-13-21-17-9-5-6-10-18(17)23/h3-10,13-14H,11-12H2,1-2H3. The molecule has 0 aliphatic heterocycles. The van der Waals surface area contributed by atoms with Gasteiger partial charge in [0.15, 0.2) is 0 Å². The summed E-state index contributed by atoms with van der Waals surface area (Å²) in [5.41, 5.74) is 2.45. The van der Waals surface area contributed by atoms with Gasteiger partial charge < -0.3 is 9.47 Å². The molecular weight excluding hydrogens is 305 g/mol. The van der Waals surface area contributed by atoms with Gasteiger partial charge in [-0.1, -0.05) is 30.3 Å². The number of halogens is 1. The van der Waals surface area contributed by atoms with Gasteiger partial charge in [0.2, 0.25) is 5.91 Å². The molecule has 24 heavy (non-hydrogen) atoms. The molecule has 1 atom stereocenters. The number of amides is 1. The molecule has 5 heteroatoms. The second kappa shape index (κ2) is 6.83. The Bertz CT molecular complexity index is 858. The van der Waals surface area contributed by atoms with Crippen LogP contribution in [0.3, 0.4) is 0 Å². The molecule has 2 aromatic carbocycles. The van der Waals surface area contributed by atoms with Crippen molar-refractivity contribution in [2.75, 3.05) is 7.05 Å². The van der Waals surface area contributed by atoms with Gasteiger partial charge in [0.25, 0.3) is 0 Å². The lowest BCUT2D eigenvalue weighted by molar-refractivity contribution is -0.132. The fourth-order valence-electron chi connectivity index (χ4n) is 2.82. The second-order valence-corrected chi connectivity index (χ2v) is 5.88. The molecule has 1 heterocycles. The number of hydrogen-bond donors (Lipinski definition) is 0. The van der Waals surface area contributed by atoms with Crippen LogP contribution in [0.1, 0.15) is 24.9 Å². The lowest BCUT2D eigenvalue weighted by atomic mass is 10.1. The van der Waals surface area contributed by atoms with Crippen molar-refractivity contribution in [2.24, 2.45) is 0 Å². The number of hydrogen-bond acceptors (Lipinski definition) is 2. The van der Waals surface area contributed by atoms with Gasteiger partial charge in [0.1, 0.15) is 5.82 Å². The molecule has 0 radical (unpaired) electrons. The van der Waals surface area contributed by atoms with Crippen molar-refractivity contribution < 1.29 is 9.18 Å². The minimum absolute atomic E-state index is 0.0245. The first-order valence-corrected chi connectivity index (χ1v) is 7.98. The molecule has 0 fully saturated rings. The molecule has 0 saturated heterocycles. The van der Waals surface area contributed by atoms with E-state index in [0.717, 1.165) is 11.0 Å². The summed E-state index contributed by atoms with van der Waals surface area (Å²) in [6.07, 6.45) is 2.09. The maximum atomic E-state index is 13.9. The molecule has 1 unspecified atom stereocenters. The monoisotopic (exact) mass is 325 g/mol. The van der Waals surface area contributed by atoms with Crippen LogP contribution in [0.25, 0.3) is 11.0 Å². The van der Waals surface area contributed by atoms with E-state index >= 15 is 0 Å². The summed E-state index contributed by atoms with van der Waals surface area (Å²) in [7, 11) is 1.71. The van der Waals surface area contributed by atoms with Gasteiger partial charge in [0.05, 0.1) is 23.4 Å². The van der Waals surface area contributed by atoms with Crippen LogP contribution < -0.4 is 0 Å². The Morgan fingerprint density at radius 1 is 1.21 bits per heavy atom. The fourth-order valence-corrected chi connectivity index (χ4v) is 2.82. The Balaban J connectivity index is 1.67. The number of aromatic nitrogens is 2. The van der Waals surface area contributed by atoms with E-state index in [4.69, 9.17) is 0 Å². The number of fused-ring (bicyclic) bond motifs is 1. The number of carbonyl (C=O) groups is 1. The molecule has 124 valence electrons. The van der Waals surface area contributed by atoms with E-state index in [-0.39, 0.29) is 17.8 Å². The van der Waals surface area contributed by atoms with Gasteiger partial charge in [-0.3, -0.25) is 4.79 Å². The molecule has 0 aliphatic rings. The average Bonchev–Trinajstić information content (AvgIpc) is 3.02. The third kappa shape index (κ3) is 3.15. The van der Waals surface area contributed by atoms with E-state index in [9.17, 15) is 9.18 Å². The van der Waals surface area contributed by atoms with Gasteiger partial charge in [-0.2, -0.15) is 0 Å². The van der Waals surface area contributed by atoms with E-state index in [1.807, 2.05) is 35.8 Å². The highest BCUT2D eigenvalue weighted by Gasteiger charge is 2.19. The van der Waals surface area contributed by atoms with Crippen molar-refractivity contribution in [1.29, 1.82) is 0 Å². The van der Waals surface area contributed by atoms with E-state index in [2.05, 4.69) is 4.98 Å². The molecule has 4 nitrogen and oxygen atoms in total. The SMILES string of the molecule is CC(c1ccccc1F)N(C)C(=O)CCn1cnc2ccccc21. The first kappa shape index (κ1) is 16.2. The lowest BCUT2D eigenvalue weighted by Gasteiger charge is -2.25. The van der Waals surface area contributed by atoms with Gasteiger partial charge in [0, 0.05) is 25.6 Å². The summed E-state index contributed by atoms with van der Waals surface area (Å²) in [5, 5.41) is 0. The highest BCUT2D eigenvalue weighted by Crippen LogP contribution is 2.22. The minimum Gasteiger partial charge on any atom is -0.339 e. The minimum atomic E-state index is -0.307. The maximum absolute atomic E-state index is 13.9. The highest BCUT2D eigenvalue weighted by molar-refractivity contribution is 5.77. The zero-order valence-corrected chi connectivity index (χ0v) is 13.8. The number of para-hydroxylation sites is 2. The summed E-state index contributed by atoms with van der Waals surface area (Å²) < 4.78 is 15.9. The Morgan fingerprint density at radius 3 is 2.71 bits per heavy atom.